The Bertz CT molecular complexity index is 393. The van der Waals surface area contributed by atoms with Gasteiger partial charge in [0.1, 0.15) is 6.04 Å². The monoisotopic (exact) mass is 270 g/mol. The number of H-pyrrole nitrogens is 1. The zero-order valence-corrected chi connectivity index (χ0v) is 10.7. The number of aromatic amines is 1. The molecule has 0 fully saturated rings. The van der Waals surface area contributed by atoms with Crippen molar-refractivity contribution >= 4 is 11.9 Å². The van der Waals surface area contributed by atoms with Gasteiger partial charge in [0.15, 0.2) is 0 Å². The van der Waals surface area contributed by atoms with Crippen molar-refractivity contribution in [1.29, 1.82) is 0 Å². The van der Waals surface area contributed by atoms with Gasteiger partial charge in [0.2, 0.25) is 5.91 Å². The Labute approximate surface area is 110 Å². The van der Waals surface area contributed by atoms with Gasteiger partial charge in [-0.05, 0) is 0 Å². The fourth-order valence-corrected chi connectivity index (χ4v) is 1.44. The molecule has 0 radical (unpaired) electrons. The smallest absolute Gasteiger partial charge is 0.326 e. The van der Waals surface area contributed by atoms with Gasteiger partial charge in [-0.3, -0.25) is 4.79 Å². The fraction of sp³-hybridized carbons (Fsp3) is 0.545. The van der Waals surface area contributed by atoms with E-state index in [1.807, 2.05) is 0 Å². The van der Waals surface area contributed by atoms with Crippen LogP contribution in [0.5, 0.6) is 0 Å². The lowest BCUT2D eigenvalue weighted by atomic mass is 10.1. The number of nitrogens with one attached hydrogen (secondary N) is 3. The minimum absolute atomic E-state index is 0.0517. The van der Waals surface area contributed by atoms with E-state index in [9.17, 15) is 9.59 Å². The first kappa shape index (κ1) is 15.1. The molecule has 1 amide bonds. The molecule has 0 saturated heterocycles. The second-order valence-electron chi connectivity index (χ2n) is 3.91. The Hall–Kier alpha value is -1.93. The molecular formula is C11H18N4O4. The number of methoxy groups -OCH3 is 1. The summed E-state index contributed by atoms with van der Waals surface area (Å²) in [5.74, 6) is -1.46. The summed E-state index contributed by atoms with van der Waals surface area (Å²) in [6.45, 7) is 1.07. The van der Waals surface area contributed by atoms with E-state index in [1.165, 1.54) is 12.5 Å². The molecule has 0 aliphatic rings. The minimum atomic E-state index is -1.08. The average Bonchev–Trinajstić information content (AvgIpc) is 2.86. The van der Waals surface area contributed by atoms with Crippen LogP contribution in [0.25, 0.3) is 0 Å². The average molecular weight is 270 g/mol. The maximum Gasteiger partial charge on any atom is 0.326 e. The first-order chi connectivity index (χ1) is 9.13. The summed E-state index contributed by atoms with van der Waals surface area (Å²) in [5.41, 5.74) is 0.653. The zero-order valence-electron chi connectivity index (χ0n) is 10.7. The largest absolute Gasteiger partial charge is 0.480 e. The van der Waals surface area contributed by atoms with E-state index in [2.05, 4.69) is 20.6 Å². The van der Waals surface area contributed by atoms with Crippen molar-refractivity contribution in [3.63, 3.8) is 0 Å². The molecule has 8 heteroatoms. The summed E-state index contributed by atoms with van der Waals surface area (Å²) in [6.07, 6.45) is 3.15. The van der Waals surface area contributed by atoms with Crippen molar-refractivity contribution in [2.75, 3.05) is 26.8 Å². The summed E-state index contributed by atoms with van der Waals surface area (Å²) in [4.78, 5) is 29.2. The molecule has 0 aromatic carbocycles. The molecule has 106 valence electrons. The minimum Gasteiger partial charge on any atom is -0.480 e. The van der Waals surface area contributed by atoms with Gasteiger partial charge in [-0.15, -0.1) is 0 Å². The van der Waals surface area contributed by atoms with Gasteiger partial charge < -0.3 is 25.5 Å². The predicted molar refractivity (Wildman–Crippen MR) is 66.6 cm³/mol. The molecule has 19 heavy (non-hydrogen) atoms. The highest BCUT2D eigenvalue weighted by Crippen LogP contribution is 1.98. The SMILES string of the molecule is COCCNCC(=O)NC(Cc1cnc[nH]1)C(=O)O. The summed E-state index contributed by atoms with van der Waals surface area (Å²) >= 11 is 0. The van der Waals surface area contributed by atoms with Crippen molar-refractivity contribution < 1.29 is 19.4 Å². The third-order valence-corrected chi connectivity index (χ3v) is 2.38. The molecule has 8 nitrogen and oxygen atoms in total. The lowest BCUT2D eigenvalue weighted by molar-refractivity contribution is -0.141. The maximum absolute atomic E-state index is 11.5. The molecule has 4 N–H and O–H groups in total. The second-order valence-corrected chi connectivity index (χ2v) is 3.91. The molecule has 1 rings (SSSR count). The molecule has 1 aromatic rings. The van der Waals surface area contributed by atoms with E-state index in [4.69, 9.17) is 9.84 Å². The summed E-state index contributed by atoms with van der Waals surface area (Å²) in [5, 5.41) is 14.3. The van der Waals surface area contributed by atoms with E-state index in [0.29, 0.717) is 18.8 Å². The third kappa shape index (κ3) is 5.98. The number of imidazole rings is 1. The molecular weight excluding hydrogens is 252 g/mol. The number of carboxylic acid groups (broad SMARTS) is 1. The van der Waals surface area contributed by atoms with Gasteiger partial charge in [0, 0.05) is 32.0 Å². The van der Waals surface area contributed by atoms with Crippen LogP contribution in [-0.4, -0.2) is 59.8 Å². The molecule has 1 unspecified atom stereocenters. The highest BCUT2D eigenvalue weighted by molar-refractivity contribution is 5.84. The lowest BCUT2D eigenvalue weighted by Crippen LogP contribution is -2.46. The van der Waals surface area contributed by atoms with Gasteiger partial charge in [-0.1, -0.05) is 0 Å². The van der Waals surface area contributed by atoms with Crippen molar-refractivity contribution in [2.24, 2.45) is 0 Å². The van der Waals surface area contributed by atoms with Crippen LogP contribution in [0.4, 0.5) is 0 Å². The molecule has 1 aromatic heterocycles. The maximum atomic E-state index is 11.5. The zero-order chi connectivity index (χ0) is 14.1. The van der Waals surface area contributed by atoms with Crippen LogP contribution >= 0.6 is 0 Å². The van der Waals surface area contributed by atoms with Crippen LogP contribution in [0, 0.1) is 0 Å². The molecule has 0 saturated carbocycles. The van der Waals surface area contributed by atoms with E-state index in [-0.39, 0.29) is 18.9 Å². The fourth-order valence-electron chi connectivity index (χ4n) is 1.44. The number of hydrogen-bond donors (Lipinski definition) is 4. The molecule has 0 aliphatic heterocycles. The van der Waals surface area contributed by atoms with Crippen molar-refractivity contribution in [3.05, 3.63) is 18.2 Å². The second kappa shape index (κ2) is 8.22. The van der Waals surface area contributed by atoms with E-state index in [0.717, 1.165) is 0 Å². The number of aliphatic carboxylic acids is 1. The topological polar surface area (TPSA) is 116 Å². The van der Waals surface area contributed by atoms with Gasteiger partial charge >= 0.3 is 5.97 Å². The lowest BCUT2D eigenvalue weighted by Gasteiger charge is -2.13. The normalized spacial score (nSPS) is 12.1. The van der Waals surface area contributed by atoms with Crippen LogP contribution in [0.15, 0.2) is 12.5 Å². The third-order valence-electron chi connectivity index (χ3n) is 2.38. The van der Waals surface area contributed by atoms with Gasteiger partial charge in [-0.25, -0.2) is 9.78 Å². The Kier molecular flexibility index (Phi) is 6.55. The quantitative estimate of drug-likeness (QED) is 0.417. The molecule has 0 aliphatic carbocycles. The Balaban J connectivity index is 2.36. The van der Waals surface area contributed by atoms with E-state index in [1.54, 1.807) is 7.11 Å². The first-order valence-corrected chi connectivity index (χ1v) is 5.82. The number of hydrogen-bond acceptors (Lipinski definition) is 5. The highest BCUT2D eigenvalue weighted by atomic mass is 16.5. The number of amides is 1. The number of aromatic nitrogens is 2. The predicted octanol–water partition coefficient (Wildman–Crippen LogP) is -1.24. The number of carbonyl (C=O) groups excluding carboxylic acids is 1. The van der Waals surface area contributed by atoms with Crippen LogP contribution in [0.2, 0.25) is 0 Å². The van der Waals surface area contributed by atoms with E-state index < -0.39 is 12.0 Å². The van der Waals surface area contributed by atoms with E-state index >= 15 is 0 Å². The van der Waals surface area contributed by atoms with Crippen molar-refractivity contribution in [3.8, 4) is 0 Å². The van der Waals surface area contributed by atoms with Crippen LogP contribution < -0.4 is 10.6 Å². The standard InChI is InChI=1S/C11H18N4O4/c1-19-3-2-12-6-10(16)15-9(11(17)18)4-8-5-13-7-14-8/h5,7,9,12H,2-4,6H2,1H3,(H,13,14)(H,15,16)(H,17,18). The highest BCUT2D eigenvalue weighted by Gasteiger charge is 2.20. The number of nitrogens with zero attached hydrogens (tertiary/aromatic N) is 1. The Morgan fingerprint density at radius 1 is 1.58 bits per heavy atom. The Morgan fingerprint density at radius 2 is 2.37 bits per heavy atom. The van der Waals surface area contributed by atoms with Crippen LogP contribution in [0.1, 0.15) is 5.69 Å². The van der Waals surface area contributed by atoms with Gasteiger partial charge in [-0.2, -0.15) is 0 Å². The van der Waals surface area contributed by atoms with Crippen LogP contribution in [0.3, 0.4) is 0 Å². The summed E-state index contributed by atoms with van der Waals surface area (Å²) < 4.78 is 4.81. The molecule has 0 spiro atoms. The molecule has 1 atom stereocenters. The van der Waals surface area contributed by atoms with Crippen molar-refractivity contribution in [2.45, 2.75) is 12.5 Å². The van der Waals surface area contributed by atoms with Crippen molar-refractivity contribution in [1.82, 2.24) is 20.6 Å². The number of rotatable bonds is 9. The number of carbonyl (C=O) groups is 2. The van der Waals surface area contributed by atoms with Crippen LogP contribution in [-0.2, 0) is 20.7 Å². The van der Waals surface area contributed by atoms with Gasteiger partial charge in [0.05, 0.1) is 19.5 Å². The number of carboxylic acids is 1. The number of ether oxygens (including phenoxy) is 1. The van der Waals surface area contributed by atoms with Gasteiger partial charge in [0.25, 0.3) is 0 Å². The summed E-state index contributed by atoms with van der Waals surface area (Å²) in [6, 6.07) is -0.975. The molecule has 0 bridgehead atoms. The Morgan fingerprint density at radius 3 is 2.95 bits per heavy atom. The molecule has 1 heterocycles. The first-order valence-electron chi connectivity index (χ1n) is 5.82. The summed E-state index contributed by atoms with van der Waals surface area (Å²) in [7, 11) is 1.56.